The lowest BCUT2D eigenvalue weighted by molar-refractivity contribution is -0.144. The molecule has 1 aromatic carbocycles. The van der Waals surface area contributed by atoms with Crippen LogP contribution in [-0.4, -0.2) is 76.0 Å². The molecule has 0 radical (unpaired) electrons. The van der Waals surface area contributed by atoms with E-state index >= 15 is 0 Å². The van der Waals surface area contributed by atoms with Crippen molar-refractivity contribution in [1.29, 1.82) is 0 Å². The van der Waals surface area contributed by atoms with Crippen molar-refractivity contribution in [2.75, 3.05) is 26.3 Å². The summed E-state index contributed by atoms with van der Waals surface area (Å²) in [6.45, 7) is 2.03. The molecule has 1 fully saturated rings. The molecule has 1 heterocycles. The number of hydrogen-bond donors (Lipinski definition) is 4. The van der Waals surface area contributed by atoms with E-state index in [1.54, 1.807) is 0 Å². The number of nitrogens with zero attached hydrogens (tertiary/aromatic N) is 1. The second-order valence-corrected chi connectivity index (χ2v) is 6.61. The SMILES string of the molecule is CCCCOc1cc(F)c(CCN2CC(O)C(O)C(O)[C@@H]2CO)c(F)c1. The van der Waals surface area contributed by atoms with Gasteiger partial charge in [0.2, 0.25) is 0 Å². The minimum absolute atomic E-state index is 0.00902. The molecular weight excluding hydrogens is 348 g/mol. The van der Waals surface area contributed by atoms with Crippen molar-refractivity contribution >= 4 is 0 Å². The van der Waals surface area contributed by atoms with E-state index in [9.17, 15) is 29.2 Å². The number of aliphatic hydroxyl groups is 4. The number of piperidine rings is 1. The molecule has 2 rings (SSSR count). The van der Waals surface area contributed by atoms with Crippen LogP contribution >= 0.6 is 0 Å². The first kappa shape index (κ1) is 21.0. The van der Waals surface area contributed by atoms with Crippen LogP contribution in [-0.2, 0) is 6.42 Å². The first-order valence-electron chi connectivity index (χ1n) is 8.88. The topological polar surface area (TPSA) is 93.4 Å². The first-order valence-corrected chi connectivity index (χ1v) is 8.88. The van der Waals surface area contributed by atoms with Gasteiger partial charge in [-0.1, -0.05) is 13.3 Å². The smallest absolute Gasteiger partial charge is 0.133 e. The molecule has 1 aliphatic rings. The monoisotopic (exact) mass is 375 g/mol. The van der Waals surface area contributed by atoms with Crippen LogP contribution in [0.4, 0.5) is 8.78 Å². The number of rotatable bonds is 8. The predicted molar refractivity (Wildman–Crippen MR) is 90.9 cm³/mol. The minimum Gasteiger partial charge on any atom is -0.493 e. The molecule has 0 amide bonds. The number of β-amino-alcohol motifs (C(OH)–C–C–N with tert-alkyl or cyclic N) is 1. The maximum atomic E-state index is 14.2. The molecule has 4 atom stereocenters. The van der Waals surface area contributed by atoms with Crippen LogP contribution in [0.15, 0.2) is 12.1 Å². The molecule has 6 nitrogen and oxygen atoms in total. The zero-order chi connectivity index (χ0) is 19.3. The Hall–Kier alpha value is -1.32. The van der Waals surface area contributed by atoms with Crippen LogP contribution in [0, 0.1) is 11.6 Å². The maximum Gasteiger partial charge on any atom is 0.133 e. The van der Waals surface area contributed by atoms with Crippen molar-refractivity contribution in [3.63, 3.8) is 0 Å². The van der Waals surface area contributed by atoms with Gasteiger partial charge in [0.1, 0.15) is 29.6 Å². The molecule has 0 bridgehead atoms. The fourth-order valence-electron chi connectivity index (χ4n) is 3.13. The number of likely N-dealkylation sites (tertiary alicyclic amines) is 1. The molecule has 1 aliphatic heterocycles. The highest BCUT2D eigenvalue weighted by Gasteiger charge is 2.40. The molecule has 8 heteroatoms. The summed E-state index contributed by atoms with van der Waals surface area (Å²) in [5.74, 6) is -1.32. The van der Waals surface area contributed by atoms with Crippen molar-refractivity contribution in [1.82, 2.24) is 4.90 Å². The van der Waals surface area contributed by atoms with E-state index < -0.39 is 42.6 Å². The van der Waals surface area contributed by atoms with Crippen LogP contribution in [0.5, 0.6) is 5.75 Å². The van der Waals surface area contributed by atoms with Gasteiger partial charge < -0.3 is 25.2 Å². The Morgan fingerprint density at radius 2 is 1.81 bits per heavy atom. The van der Waals surface area contributed by atoms with Gasteiger partial charge in [-0.05, 0) is 12.8 Å². The van der Waals surface area contributed by atoms with Gasteiger partial charge in [0.05, 0.1) is 25.4 Å². The summed E-state index contributed by atoms with van der Waals surface area (Å²) >= 11 is 0. The summed E-state index contributed by atoms with van der Waals surface area (Å²) in [6, 6.07) is 1.47. The molecule has 0 saturated carbocycles. The van der Waals surface area contributed by atoms with Gasteiger partial charge in [-0.15, -0.1) is 0 Å². The van der Waals surface area contributed by atoms with E-state index in [1.807, 2.05) is 6.92 Å². The lowest BCUT2D eigenvalue weighted by atomic mass is 9.93. The summed E-state index contributed by atoms with van der Waals surface area (Å²) in [6.07, 6.45) is -2.21. The van der Waals surface area contributed by atoms with Crippen molar-refractivity contribution < 1.29 is 33.9 Å². The Labute approximate surface area is 151 Å². The van der Waals surface area contributed by atoms with Crippen LogP contribution < -0.4 is 4.74 Å². The third kappa shape index (κ3) is 4.89. The molecule has 4 N–H and O–H groups in total. The number of halogens is 2. The van der Waals surface area contributed by atoms with E-state index in [1.165, 1.54) is 4.90 Å². The van der Waals surface area contributed by atoms with Crippen LogP contribution in [0.25, 0.3) is 0 Å². The highest BCUT2D eigenvalue weighted by Crippen LogP contribution is 2.24. The molecule has 3 unspecified atom stereocenters. The highest BCUT2D eigenvalue weighted by atomic mass is 19.1. The van der Waals surface area contributed by atoms with Gasteiger partial charge >= 0.3 is 0 Å². The van der Waals surface area contributed by atoms with E-state index in [4.69, 9.17) is 4.74 Å². The van der Waals surface area contributed by atoms with Gasteiger partial charge in [0, 0.05) is 30.8 Å². The first-order chi connectivity index (χ1) is 12.4. The minimum atomic E-state index is -1.36. The van der Waals surface area contributed by atoms with E-state index in [0.29, 0.717) is 6.61 Å². The lowest BCUT2D eigenvalue weighted by Crippen LogP contribution is -2.62. The molecule has 26 heavy (non-hydrogen) atoms. The average Bonchev–Trinajstić information content (AvgIpc) is 2.59. The molecule has 148 valence electrons. The van der Waals surface area contributed by atoms with Gasteiger partial charge in [-0.2, -0.15) is 0 Å². The van der Waals surface area contributed by atoms with E-state index in [0.717, 1.165) is 25.0 Å². The third-order valence-corrected chi connectivity index (χ3v) is 4.75. The largest absolute Gasteiger partial charge is 0.493 e. The summed E-state index contributed by atoms with van der Waals surface area (Å²) < 4.78 is 33.8. The standard InChI is InChI=1S/C18H27F2NO5/c1-2-3-6-26-11-7-13(19)12(14(20)8-11)4-5-21-9-16(23)18(25)17(24)15(21)10-22/h7-8,15-18,22-25H,2-6,9-10H2,1H3/t15-,16?,17?,18?/m0/s1. The van der Waals surface area contributed by atoms with Crippen molar-refractivity contribution in [3.8, 4) is 5.75 Å². The van der Waals surface area contributed by atoms with Gasteiger partial charge in [-0.3, -0.25) is 4.90 Å². The maximum absolute atomic E-state index is 14.2. The number of ether oxygens (including phenoxy) is 1. The Morgan fingerprint density at radius 1 is 1.15 bits per heavy atom. The molecule has 0 aromatic heterocycles. The van der Waals surface area contributed by atoms with Gasteiger partial charge in [0.25, 0.3) is 0 Å². The van der Waals surface area contributed by atoms with Crippen molar-refractivity contribution in [3.05, 3.63) is 29.3 Å². The zero-order valence-electron chi connectivity index (χ0n) is 14.8. The summed E-state index contributed by atoms with van der Waals surface area (Å²) in [5.41, 5.74) is -0.125. The average molecular weight is 375 g/mol. The molecule has 1 aromatic rings. The number of hydrogen-bond acceptors (Lipinski definition) is 6. The number of aliphatic hydroxyl groups excluding tert-OH is 4. The second kappa shape index (κ2) is 9.57. The lowest BCUT2D eigenvalue weighted by Gasteiger charge is -2.43. The normalized spacial score (nSPS) is 26.9. The molecule has 1 saturated heterocycles. The van der Waals surface area contributed by atoms with Crippen LogP contribution in [0.1, 0.15) is 25.3 Å². The molecular formula is C18H27F2NO5. The zero-order valence-corrected chi connectivity index (χ0v) is 14.8. The van der Waals surface area contributed by atoms with Crippen molar-refractivity contribution in [2.45, 2.75) is 50.5 Å². The quantitative estimate of drug-likeness (QED) is 0.493. The number of unbranched alkanes of at least 4 members (excludes halogenated alkanes) is 1. The predicted octanol–water partition coefficient (Wildman–Crippen LogP) is 0.445. The van der Waals surface area contributed by atoms with Gasteiger partial charge in [0.15, 0.2) is 0 Å². The summed E-state index contributed by atoms with van der Waals surface area (Å²) in [7, 11) is 0. The summed E-state index contributed by atoms with van der Waals surface area (Å²) in [5, 5.41) is 38.8. The Balaban J connectivity index is 2.04. The second-order valence-electron chi connectivity index (χ2n) is 6.61. The van der Waals surface area contributed by atoms with Crippen LogP contribution in [0.3, 0.4) is 0 Å². The number of benzene rings is 1. The van der Waals surface area contributed by atoms with E-state index in [2.05, 4.69) is 0 Å². The van der Waals surface area contributed by atoms with E-state index in [-0.39, 0.29) is 30.8 Å². The Bertz CT molecular complexity index is 566. The third-order valence-electron chi connectivity index (χ3n) is 4.75. The summed E-state index contributed by atoms with van der Waals surface area (Å²) in [4.78, 5) is 1.52. The van der Waals surface area contributed by atoms with Crippen molar-refractivity contribution in [2.24, 2.45) is 0 Å². The Kier molecular flexibility index (Phi) is 7.72. The Morgan fingerprint density at radius 3 is 2.38 bits per heavy atom. The fourth-order valence-corrected chi connectivity index (χ4v) is 3.13. The molecule has 0 spiro atoms. The highest BCUT2D eigenvalue weighted by molar-refractivity contribution is 5.31. The van der Waals surface area contributed by atoms with Crippen LogP contribution in [0.2, 0.25) is 0 Å². The fraction of sp³-hybridized carbons (Fsp3) is 0.667. The van der Waals surface area contributed by atoms with Gasteiger partial charge in [-0.25, -0.2) is 8.78 Å². The molecule has 0 aliphatic carbocycles.